The van der Waals surface area contributed by atoms with Crippen LogP contribution in [-0.4, -0.2) is 15.9 Å². The van der Waals surface area contributed by atoms with E-state index in [-0.39, 0.29) is 5.91 Å². The Morgan fingerprint density at radius 1 is 1.06 bits per heavy atom. The molecule has 2 aromatic rings. The molecule has 0 saturated carbocycles. The maximum Gasteiger partial charge on any atom is 0.244 e. The predicted octanol–water partition coefficient (Wildman–Crippen LogP) is -0.0587. The van der Waals surface area contributed by atoms with E-state index in [4.69, 9.17) is 0 Å². The van der Waals surface area contributed by atoms with E-state index in [0.29, 0.717) is 5.82 Å². The van der Waals surface area contributed by atoms with Crippen molar-refractivity contribution in [2.45, 2.75) is 5.41 Å². The molecule has 1 N–H and O–H groups in total. The SMILES string of the molecule is O=C1Nc2ncccc2C12C=c1cccnc1=C2. The van der Waals surface area contributed by atoms with Gasteiger partial charge in [0, 0.05) is 18.0 Å². The minimum absolute atomic E-state index is 0.0609. The number of anilines is 1. The standard InChI is InChI=1S/C14H9N3O/c18-13-14(10-4-2-6-16-12(10)17-13)7-9-3-1-5-15-11(9)8-14/h1-8H,(H,16,17,18). The van der Waals surface area contributed by atoms with Crippen molar-refractivity contribution >= 4 is 23.9 Å². The van der Waals surface area contributed by atoms with Crippen molar-refractivity contribution in [3.63, 3.8) is 0 Å². The minimum atomic E-state index is -0.736. The molecule has 3 heterocycles. The van der Waals surface area contributed by atoms with Crippen LogP contribution >= 0.6 is 0 Å². The Morgan fingerprint density at radius 2 is 1.89 bits per heavy atom. The first-order chi connectivity index (χ1) is 8.79. The lowest BCUT2D eigenvalue weighted by Gasteiger charge is -2.15. The fraction of sp³-hybridized carbons (Fsp3) is 0.0714. The number of amides is 1. The smallest absolute Gasteiger partial charge is 0.244 e. The summed E-state index contributed by atoms with van der Waals surface area (Å²) >= 11 is 0. The minimum Gasteiger partial charge on any atom is -0.309 e. The third-order valence-corrected chi connectivity index (χ3v) is 3.48. The Labute approximate surface area is 103 Å². The van der Waals surface area contributed by atoms with Crippen LogP contribution in [0.1, 0.15) is 5.56 Å². The fourth-order valence-corrected chi connectivity index (χ4v) is 2.63. The van der Waals surface area contributed by atoms with Gasteiger partial charge < -0.3 is 5.32 Å². The summed E-state index contributed by atoms with van der Waals surface area (Å²) in [7, 11) is 0. The van der Waals surface area contributed by atoms with Gasteiger partial charge in [-0.1, -0.05) is 18.2 Å². The van der Waals surface area contributed by atoms with Crippen molar-refractivity contribution in [3.8, 4) is 0 Å². The van der Waals surface area contributed by atoms with Gasteiger partial charge in [0.05, 0.1) is 5.35 Å². The second kappa shape index (κ2) is 3.04. The number of carbonyl (C=O) groups is 1. The first kappa shape index (κ1) is 9.53. The van der Waals surface area contributed by atoms with Gasteiger partial charge in [0.2, 0.25) is 5.91 Å². The van der Waals surface area contributed by atoms with Crippen LogP contribution in [0.2, 0.25) is 0 Å². The Morgan fingerprint density at radius 3 is 2.78 bits per heavy atom. The van der Waals surface area contributed by atoms with Crippen LogP contribution in [0.15, 0.2) is 36.7 Å². The number of hydrogen-bond donors (Lipinski definition) is 1. The van der Waals surface area contributed by atoms with E-state index in [2.05, 4.69) is 15.3 Å². The molecule has 18 heavy (non-hydrogen) atoms. The number of nitrogens with zero attached hydrogens (tertiary/aromatic N) is 2. The summed E-state index contributed by atoms with van der Waals surface area (Å²) in [6.45, 7) is 0. The van der Waals surface area contributed by atoms with E-state index in [1.807, 2.05) is 36.4 Å². The average molecular weight is 235 g/mol. The lowest BCUT2D eigenvalue weighted by molar-refractivity contribution is -0.117. The number of fused-ring (bicyclic) bond motifs is 3. The van der Waals surface area contributed by atoms with Crippen molar-refractivity contribution < 1.29 is 4.79 Å². The van der Waals surface area contributed by atoms with Gasteiger partial charge >= 0.3 is 0 Å². The molecule has 0 saturated heterocycles. The molecule has 1 aliphatic heterocycles. The van der Waals surface area contributed by atoms with E-state index in [0.717, 1.165) is 16.1 Å². The molecule has 4 rings (SSSR count). The third-order valence-electron chi connectivity index (χ3n) is 3.48. The summed E-state index contributed by atoms with van der Waals surface area (Å²) < 4.78 is 0. The molecular weight excluding hydrogens is 226 g/mol. The van der Waals surface area contributed by atoms with Crippen LogP contribution in [0.25, 0.3) is 12.2 Å². The molecular formula is C14H9N3O. The van der Waals surface area contributed by atoms with E-state index in [1.165, 1.54) is 0 Å². The number of aromatic nitrogens is 2. The summed E-state index contributed by atoms with van der Waals surface area (Å²) in [5.41, 5.74) is 0.160. The van der Waals surface area contributed by atoms with E-state index >= 15 is 0 Å². The molecule has 0 aromatic carbocycles. The Balaban J connectivity index is 2.08. The number of nitrogens with one attached hydrogen (secondary N) is 1. The van der Waals surface area contributed by atoms with E-state index in [1.54, 1.807) is 12.4 Å². The molecule has 2 aliphatic rings. The molecule has 4 nitrogen and oxygen atoms in total. The molecule has 1 atom stereocenters. The van der Waals surface area contributed by atoms with Crippen LogP contribution in [0, 0.1) is 0 Å². The normalized spacial score (nSPS) is 23.0. The van der Waals surface area contributed by atoms with Crippen LogP contribution in [-0.2, 0) is 10.2 Å². The third kappa shape index (κ3) is 1.02. The monoisotopic (exact) mass is 235 g/mol. The molecule has 86 valence electrons. The van der Waals surface area contributed by atoms with Crippen molar-refractivity contribution in [1.29, 1.82) is 0 Å². The van der Waals surface area contributed by atoms with Gasteiger partial charge in [-0.2, -0.15) is 0 Å². The van der Waals surface area contributed by atoms with Crippen molar-refractivity contribution in [3.05, 3.63) is 52.8 Å². The average Bonchev–Trinajstić information content (AvgIpc) is 2.90. The van der Waals surface area contributed by atoms with Crippen molar-refractivity contribution in [1.82, 2.24) is 9.97 Å². The van der Waals surface area contributed by atoms with Gasteiger partial charge in [-0.15, -0.1) is 0 Å². The highest BCUT2D eigenvalue weighted by Gasteiger charge is 2.45. The fourth-order valence-electron chi connectivity index (χ4n) is 2.63. The zero-order valence-corrected chi connectivity index (χ0v) is 9.42. The summed E-state index contributed by atoms with van der Waals surface area (Å²) in [4.78, 5) is 20.8. The predicted molar refractivity (Wildman–Crippen MR) is 67.0 cm³/mol. The molecule has 2 aromatic heterocycles. The highest BCUT2D eigenvalue weighted by molar-refractivity contribution is 6.15. The molecule has 1 amide bonds. The Kier molecular flexibility index (Phi) is 1.61. The molecule has 0 bridgehead atoms. The van der Waals surface area contributed by atoms with Crippen molar-refractivity contribution in [2.75, 3.05) is 5.32 Å². The van der Waals surface area contributed by atoms with E-state index in [9.17, 15) is 4.79 Å². The largest absolute Gasteiger partial charge is 0.309 e. The van der Waals surface area contributed by atoms with Gasteiger partial charge in [0.15, 0.2) is 0 Å². The maximum atomic E-state index is 12.3. The highest BCUT2D eigenvalue weighted by Crippen LogP contribution is 2.39. The topological polar surface area (TPSA) is 54.9 Å². The van der Waals surface area contributed by atoms with Gasteiger partial charge in [-0.05, 0) is 23.4 Å². The highest BCUT2D eigenvalue weighted by atomic mass is 16.2. The summed E-state index contributed by atoms with van der Waals surface area (Å²) in [5, 5.41) is 4.67. The van der Waals surface area contributed by atoms with Crippen LogP contribution < -0.4 is 15.9 Å². The van der Waals surface area contributed by atoms with Gasteiger partial charge in [0.1, 0.15) is 11.2 Å². The summed E-state index contributed by atoms with van der Waals surface area (Å²) in [6, 6.07) is 7.62. The van der Waals surface area contributed by atoms with Gasteiger partial charge in [0.25, 0.3) is 0 Å². The summed E-state index contributed by atoms with van der Waals surface area (Å²) in [6.07, 6.45) is 7.28. The first-order valence-corrected chi connectivity index (χ1v) is 5.73. The van der Waals surface area contributed by atoms with Crippen LogP contribution in [0.3, 0.4) is 0 Å². The molecule has 1 unspecified atom stereocenters. The van der Waals surface area contributed by atoms with Crippen LogP contribution in [0.4, 0.5) is 5.82 Å². The Bertz CT molecular complexity index is 760. The van der Waals surface area contributed by atoms with E-state index < -0.39 is 5.41 Å². The number of pyridine rings is 2. The Hall–Kier alpha value is -2.49. The lowest BCUT2D eigenvalue weighted by Crippen LogP contribution is -2.28. The quantitative estimate of drug-likeness (QED) is 0.696. The van der Waals surface area contributed by atoms with Crippen LogP contribution in [0.5, 0.6) is 0 Å². The number of rotatable bonds is 0. The zero-order valence-electron chi connectivity index (χ0n) is 9.42. The molecule has 4 heteroatoms. The maximum absolute atomic E-state index is 12.3. The molecule has 1 spiro atoms. The second-order valence-corrected chi connectivity index (χ2v) is 4.49. The number of hydrogen-bond acceptors (Lipinski definition) is 3. The summed E-state index contributed by atoms with van der Waals surface area (Å²) in [5.74, 6) is 0.581. The zero-order chi connectivity index (χ0) is 12.2. The lowest BCUT2D eigenvalue weighted by atomic mass is 9.84. The molecule has 0 radical (unpaired) electrons. The molecule has 0 fully saturated rings. The second-order valence-electron chi connectivity index (χ2n) is 4.49. The molecule has 1 aliphatic carbocycles. The number of carbonyl (C=O) groups excluding carboxylic acids is 1. The van der Waals surface area contributed by atoms with Gasteiger partial charge in [-0.3, -0.25) is 9.78 Å². The first-order valence-electron chi connectivity index (χ1n) is 5.73. The van der Waals surface area contributed by atoms with Crippen molar-refractivity contribution in [2.24, 2.45) is 0 Å². The van der Waals surface area contributed by atoms with Gasteiger partial charge in [-0.25, -0.2) is 4.98 Å².